The van der Waals surface area contributed by atoms with Gasteiger partial charge >= 0.3 is 0 Å². The van der Waals surface area contributed by atoms with Crippen molar-refractivity contribution in [3.05, 3.63) is 29.2 Å². The second kappa shape index (κ2) is 5.98. The normalized spacial score (nSPS) is 14.7. The fourth-order valence-electron chi connectivity index (χ4n) is 2.94. The lowest BCUT2D eigenvalue weighted by Crippen LogP contribution is -2.36. The Hall–Kier alpha value is -2.44. The van der Waals surface area contributed by atoms with Crippen molar-refractivity contribution >= 4 is 17.5 Å². The zero-order valence-electron chi connectivity index (χ0n) is 13.7. The second-order valence-corrected chi connectivity index (χ2v) is 6.04. The topological polar surface area (TPSA) is 70.8 Å². The van der Waals surface area contributed by atoms with Crippen LogP contribution in [0, 0.1) is 13.8 Å². The first kappa shape index (κ1) is 15.5. The molecule has 2 aromatic heterocycles. The Balaban J connectivity index is 1.76. The number of amides is 2. The van der Waals surface area contributed by atoms with Crippen LogP contribution in [-0.4, -0.2) is 62.9 Å². The summed E-state index contributed by atoms with van der Waals surface area (Å²) in [5.41, 5.74) is 2.87. The number of likely N-dealkylation sites (tertiary alicyclic amines) is 1. The SMILES string of the molecule is Cc1cc(C)n2ncc(C(=O)N(C)CCN3CCCC3=O)c2n1. The highest BCUT2D eigenvalue weighted by Crippen LogP contribution is 2.14. The molecule has 1 aliphatic rings. The van der Waals surface area contributed by atoms with Crippen molar-refractivity contribution in [3.63, 3.8) is 0 Å². The lowest BCUT2D eigenvalue weighted by molar-refractivity contribution is -0.127. The third-order valence-corrected chi connectivity index (χ3v) is 4.23. The number of carbonyl (C=O) groups is 2. The zero-order chi connectivity index (χ0) is 16.6. The van der Waals surface area contributed by atoms with E-state index in [1.54, 1.807) is 22.7 Å². The van der Waals surface area contributed by atoms with Gasteiger partial charge in [0.05, 0.1) is 6.20 Å². The van der Waals surface area contributed by atoms with Crippen molar-refractivity contribution < 1.29 is 9.59 Å². The Kier molecular flexibility index (Phi) is 4.02. The van der Waals surface area contributed by atoms with Gasteiger partial charge in [-0.3, -0.25) is 9.59 Å². The minimum atomic E-state index is -0.121. The summed E-state index contributed by atoms with van der Waals surface area (Å²) < 4.78 is 1.68. The Morgan fingerprint density at radius 2 is 2.17 bits per heavy atom. The van der Waals surface area contributed by atoms with Crippen LogP contribution >= 0.6 is 0 Å². The Morgan fingerprint density at radius 3 is 2.87 bits per heavy atom. The fraction of sp³-hybridized carbons (Fsp3) is 0.500. The summed E-state index contributed by atoms with van der Waals surface area (Å²) in [4.78, 5) is 32.2. The maximum absolute atomic E-state index is 12.7. The van der Waals surface area contributed by atoms with E-state index in [0.29, 0.717) is 30.7 Å². The molecule has 0 spiro atoms. The van der Waals surface area contributed by atoms with E-state index in [1.807, 2.05) is 24.8 Å². The van der Waals surface area contributed by atoms with E-state index in [1.165, 1.54) is 0 Å². The summed E-state index contributed by atoms with van der Waals surface area (Å²) in [6, 6.07) is 1.93. The van der Waals surface area contributed by atoms with Crippen molar-refractivity contribution in [1.82, 2.24) is 24.4 Å². The highest BCUT2D eigenvalue weighted by Gasteiger charge is 2.23. The number of nitrogens with zero attached hydrogens (tertiary/aromatic N) is 5. The molecule has 3 heterocycles. The lowest BCUT2D eigenvalue weighted by Gasteiger charge is -2.21. The van der Waals surface area contributed by atoms with E-state index in [2.05, 4.69) is 10.1 Å². The highest BCUT2D eigenvalue weighted by molar-refractivity contribution is 5.99. The number of aromatic nitrogens is 3. The van der Waals surface area contributed by atoms with Gasteiger partial charge in [0.1, 0.15) is 5.56 Å². The van der Waals surface area contributed by atoms with E-state index in [9.17, 15) is 9.59 Å². The summed E-state index contributed by atoms with van der Waals surface area (Å²) >= 11 is 0. The van der Waals surface area contributed by atoms with E-state index < -0.39 is 0 Å². The molecule has 7 nitrogen and oxygen atoms in total. The molecule has 0 aromatic carbocycles. The van der Waals surface area contributed by atoms with Gasteiger partial charge in [0, 0.05) is 44.5 Å². The quantitative estimate of drug-likeness (QED) is 0.845. The average Bonchev–Trinajstić information content (AvgIpc) is 3.10. The van der Waals surface area contributed by atoms with Crippen molar-refractivity contribution in [2.45, 2.75) is 26.7 Å². The summed E-state index contributed by atoms with van der Waals surface area (Å²) in [6.45, 7) is 5.71. The molecule has 0 unspecified atom stereocenters. The lowest BCUT2D eigenvalue weighted by atomic mass is 10.2. The Labute approximate surface area is 134 Å². The van der Waals surface area contributed by atoms with Gasteiger partial charge in [0.15, 0.2) is 5.65 Å². The largest absolute Gasteiger partial charge is 0.341 e. The van der Waals surface area contributed by atoms with E-state index >= 15 is 0 Å². The highest BCUT2D eigenvalue weighted by atomic mass is 16.2. The molecule has 1 aliphatic heterocycles. The van der Waals surface area contributed by atoms with Crippen LogP contribution in [-0.2, 0) is 4.79 Å². The van der Waals surface area contributed by atoms with Gasteiger partial charge in [-0.1, -0.05) is 0 Å². The van der Waals surface area contributed by atoms with Gasteiger partial charge in [-0.25, -0.2) is 9.50 Å². The molecule has 2 amide bonds. The van der Waals surface area contributed by atoms with Gasteiger partial charge < -0.3 is 9.80 Å². The molecule has 1 fully saturated rings. The maximum Gasteiger partial charge on any atom is 0.259 e. The van der Waals surface area contributed by atoms with Crippen molar-refractivity contribution in [3.8, 4) is 0 Å². The Bertz CT molecular complexity index is 767. The fourth-order valence-corrected chi connectivity index (χ4v) is 2.94. The number of carbonyl (C=O) groups excluding carboxylic acids is 2. The van der Waals surface area contributed by atoms with Gasteiger partial charge in [0.25, 0.3) is 5.91 Å². The number of aryl methyl sites for hydroxylation is 2. The van der Waals surface area contributed by atoms with E-state index in [4.69, 9.17) is 0 Å². The number of hydrogen-bond donors (Lipinski definition) is 0. The third kappa shape index (κ3) is 2.91. The molecule has 2 aromatic rings. The first-order valence-corrected chi connectivity index (χ1v) is 7.82. The first-order chi connectivity index (χ1) is 11.0. The number of rotatable bonds is 4. The molecule has 0 aliphatic carbocycles. The second-order valence-electron chi connectivity index (χ2n) is 6.04. The first-order valence-electron chi connectivity index (χ1n) is 7.82. The molecule has 0 N–H and O–H groups in total. The predicted molar refractivity (Wildman–Crippen MR) is 85.2 cm³/mol. The van der Waals surface area contributed by atoms with Crippen LogP contribution in [0.4, 0.5) is 0 Å². The molecule has 1 saturated heterocycles. The molecular weight excluding hydrogens is 294 g/mol. The zero-order valence-corrected chi connectivity index (χ0v) is 13.7. The number of hydrogen-bond acceptors (Lipinski definition) is 4. The van der Waals surface area contributed by atoms with Crippen LogP contribution in [0.2, 0.25) is 0 Å². The smallest absolute Gasteiger partial charge is 0.259 e. The number of fused-ring (bicyclic) bond motifs is 1. The standard InChI is InChI=1S/C16H21N5O2/c1-11-9-12(2)21-15(18-11)13(10-17-21)16(23)19(3)7-8-20-6-4-5-14(20)22/h9-10H,4-8H2,1-3H3. The Morgan fingerprint density at radius 1 is 1.39 bits per heavy atom. The van der Waals surface area contributed by atoms with Crippen LogP contribution in [0.25, 0.3) is 5.65 Å². The molecule has 0 bridgehead atoms. The van der Waals surface area contributed by atoms with Crippen LogP contribution in [0.1, 0.15) is 34.6 Å². The van der Waals surface area contributed by atoms with Crippen LogP contribution in [0.5, 0.6) is 0 Å². The molecular formula is C16H21N5O2. The van der Waals surface area contributed by atoms with Gasteiger partial charge in [0.2, 0.25) is 5.91 Å². The van der Waals surface area contributed by atoms with Gasteiger partial charge in [-0.15, -0.1) is 0 Å². The molecule has 3 rings (SSSR count). The molecule has 7 heteroatoms. The molecule has 0 saturated carbocycles. The summed E-state index contributed by atoms with van der Waals surface area (Å²) in [7, 11) is 1.75. The molecule has 0 radical (unpaired) electrons. The van der Waals surface area contributed by atoms with Gasteiger partial charge in [-0.2, -0.15) is 5.10 Å². The van der Waals surface area contributed by atoms with Gasteiger partial charge in [-0.05, 0) is 26.3 Å². The molecule has 0 atom stereocenters. The van der Waals surface area contributed by atoms with E-state index in [0.717, 1.165) is 24.4 Å². The summed E-state index contributed by atoms with van der Waals surface area (Å²) in [5.74, 6) is 0.0545. The van der Waals surface area contributed by atoms with Crippen LogP contribution < -0.4 is 0 Å². The third-order valence-electron chi connectivity index (χ3n) is 4.23. The van der Waals surface area contributed by atoms with Crippen molar-refractivity contribution in [1.29, 1.82) is 0 Å². The predicted octanol–water partition coefficient (Wildman–Crippen LogP) is 1.04. The van der Waals surface area contributed by atoms with Crippen molar-refractivity contribution in [2.24, 2.45) is 0 Å². The minimum Gasteiger partial charge on any atom is -0.341 e. The monoisotopic (exact) mass is 315 g/mol. The van der Waals surface area contributed by atoms with Crippen LogP contribution in [0.15, 0.2) is 12.3 Å². The minimum absolute atomic E-state index is 0.121. The van der Waals surface area contributed by atoms with E-state index in [-0.39, 0.29) is 11.8 Å². The van der Waals surface area contributed by atoms with Crippen molar-refractivity contribution in [2.75, 3.05) is 26.7 Å². The molecule has 122 valence electrons. The summed E-state index contributed by atoms with van der Waals surface area (Å²) in [6.07, 6.45) is 3.09. The number of likely N-dealkylation sites (N-methyl/N-ethyl adjacent to an activating group) is 1. The average molecular weight is 315 g/mol. The molecule has 23 heavy (non-hydrogen) atoms. The maximum atomic E-state index is 12.7. The summed E-state index contributed by atoms with van der Waals surface area (Å²) in [5, 5.41) is 4.25. The van der Waals surface area contributed by atoms with Crippen LogP contribution in [0.3, 0.4) is 0 Å².